The summed E-state index contributed by atoms with van der Waals surface area (Å²) in [6, 6.07) is 3.06. The van der Waals surface area contributed by atoms with Gasteiger partial charge in [-0.15, -0.1) is 5.10 Å². The molecule has 1 aromatic heterocycles. The topological polar surface area (TPSA) is 118 Å². The maximum Gasteiger partial charge on any atom is 0.239 e. The number of sulfonamides is 1. The van der Waals surface area contributed by atoms with Crippen LogP contribution in [0.25, 0.3) is 11.4 Å². The van der Waals surface area contributed by atoms with Gasteiger partial charge in [0.2, 0.25) is 10.0 Å². The van der Waals surface area contributed by atoms with Gasteiger partial charge in [0, 0.05) is 24.3 Å². The van der Waals surface area contributed by atoms with E-state index in [-0.39, 0.29) is 9.92 Å². The Morgan fingerprint density at radius 2 is 1.84 bits per heavy atom. The van der Waals surface area contributed by atoms with Crippen molar-refractivity contribution >= 4 is 27.3 Å². The molecule has 0 atom stereocenters. The van der Waals surface area contributed by atoms with E-state index in [9.17, 15) is 8.42 Å². The standard InChI is InChI=1S/C15H23ClN6O2S/c1-3-5-7-22(8-6-4-2)13-10-12(16)14(25(17,23)24)9-11(13)15-18-20-21-19-15/h9-10H,3-8H2,1-2H3,(H2,17,23,24)(H,18,19,20,21). The van der Waals surface area contributed by atoms with E-state index >= 15 is 0 Å². The maximum atomic E-state index is 11.8. The number of halogens is 1. The lowest BCUT2D eigenvalue weighted by molar-refractivity contribution is 0.598. The van der Waals surface area contributed by atoms with E-state index in [0.717, 1.165) is 44.5 Å². The highest BCUT2D eigenvalue weighted by atomic mass is 35.5. The van der Waals surface area contributed by atoms with Crippen molar-refractivity contribution in [3.63, 3.8) is 0 Å². The lowest BCUT2D eigenvalue weighted by Gasteiger charge is -2.27. The van der Waals surface area contributed by atoms with E-state index < -0.39 is 10.0 Å². The largest absolute Gasteiger partial charge is 0.371 e. The Morgan fingerprint density at radius 3 is 2.32 bits per heavy atom. The van der Waals surface area contributed by atoms with E-state index in [1.807, 2.05) is 0 Å². The van der Waals surface area contributed by atoms with Crippen LogP contribution in [0.2, 0.25) is 5.02 Å². The Labute approximate surface area is 152 Å². The highest BCUT2D eigenvalue weighted by Crippen LogP contribution is 2.35. The van der Waals surface area contributed by atoms with Gasteiger partial charge in [0.05, 0.1) is 5.02 Å². The van der Waals surface area contributed by atoms with Gasteiger partial charge >= 0.3 is 0 Å². The first-order valence-corrected chi connectivity index (χ1v) is 10.2. The average molecular weight is 387 g/mol. The molecule has 0 aliphatic heterocycles. The van der Waals surface area contributed by atoms with Gasteiger partial charge in [0.15, 0.2) is 5.82 Å². The van der Waals surface area contributed by atoms with Crippen LogP contribution in [-0.4, -0.2) is 42.1 Å². The molecule has 25 heavy (non-hydrogen) atoms. The van der Waals surface area contributed by atoms with Crippen LogP contribution in [0.15, 0.2) is 17.0 Å². The first kappa shape index (κ1) is 19.6. The van der Waals surface area contributed by atoms with Gasteiger partial charge in [0.1, 0.15) is 4.90 Å². The van der Waals surface area contributed by atoms with E-state index in [4.69, 9.17) is 16.7 Å². The molecule has 1 heterocycles. The highest BCUT2D eigenvalue weighted by molar-refractivity contribution is 7.89. The molecule has 0 saturated heterocycles. The van der Waals surface area contributed by atoms with Gasteiger partial charge in [-0.2, -0.15) is 0 Å². The van der Waals surface area contributed by atoms with Gasteiger partial charge in [-0.3, -0.25) is 0 Å². The minimum atomic E-state index is -3.96. The minimum absolute atomic E-state index is 0.0896. The molecule has 2 aromatic rings. The fourth-order valence-electron chi connectivity index (χ4n) is 2.54. The van der Waals surface area contributed by atoms with Crippen LogP contribution >= 0.6 is 11.6 Å². The predicted molar refractivity (Wildman–Crippen MR) is 98.0 cm³/mol. The number of aromatic amines is 1. The summed E-state index contributed by atoms with van der Waals surface area (Å²) in [5.74, 6) is 0.370. The van der Waals surface area contributed by atoms with Crippen LogP contribution in [0.3, 0.4) is 0 Å². The number of aromatic nitrogens is 4. The summed E-state index contributed by atoms with van der Waals surface area (Å²) < 4.78 is 23.6. The average Bonchev–Trinajstić information content (AvgIpc) is 3.08. The van der Waals surface area contributed by atoms with Crippen molar-refractivity contribution in [3.05, 3.63) is 17.2 Å². The van der Waals surface area contributed by atoms with Crippen molar-refractivity contribution in [1.82, 2.24) is 20.6 Å². The number of primary sulfonamides is 1. The molecule has 0 saturated carbocycles. The summed E-state index contributed by atoms with van der Waals surface area (Å²) in [6.45, 7) is 5.90. The molecule has 0 aliphatic carbocycles. The number of rotatable bonds is 9. The van der Waals surface area contributed by atoms with E-state index in [1.165, 1.54) is 6.07 Å². The fraction of sp³-hybridized carbons (Fsp3) is 0.533. The number of nitrogens with zero attached hydrogens (tertiary/aromatic N) is 4. The lowest BCUT2D eigenvalue weighted by Crippen LogP contribution is -2.26. The third kappa shape index (κ3) is 4.90. The zero-order chi connectivity index (χ0) is 18.4. The van der Waals surface area contributed by atoms with Crippen LogP contribution in [-0.2, 0) is 10.0 Å². The van der Waals surface area contributed by atoms with Gasteiger partial charge in [-0.05, 0) is 35.4 Å². The Hall–Kier alpha value is -1.71. The monoisotopic (exact) mass is 386 g/mol. The number of nitrogens with two attached hydrogens (primary N) is 1. The van der Waals surface area contributed by atoms with Gasteiger partial charge in [0.25, 0.3) is 0 Å². The number of hydrogen-bond acceptors (Lipinski definition) is 6. The van der Waals surface area contributed by atoms with E-state index in [1.54, 1.807) is 6.07 Å². The molecule has 8 nitrogen and oxygen atoms in total. The number of H-pyrrole nitrogens is 1. The number of tetrazole rings is 1. The molecule has 0 radical (unpaired) electrons. The second-order valence-electron chi connectivity index (χ2n) is 5.79. The third-order valence-electron chi connectivity index (χ3n) is 3.86. The van der Waals surface area contributed by atoms with Gasteiger partial charge in [-0.25, -0.2) is 18.7 Å². The molecule has 3 N–H and O–H groups in total. The van der Waals surface area contributed by atoms with Crippen molar-refractivity contribution in [2.75, 3.05) is 18.0 Å². The number of anilines is 1. The third-order valence-corrected chi connectivity index (χ3v) is 5.24. The predicted octanol–water partition coefficient (Wildman–Crippen LogP) is 2.57. The zero-order valence-corrected chi connectivity index (χ0v) is 15.9. The van der Waals surface area contributed by atoms with Crippen LogP contribution in [0.1, 0.15) is 39.5 Å². The number of nitrogens with one attached hydrogen (secondary N) is 1. The van der Waals surface area contributed by atoms with Crippen molar-refractivity contribution in [1.29, 1.82) is 0 Å². The Morgan fingerprint density at radius 1 is 1.20 bits per heavy atom. The van der Waals surface area contributed by atoms with Crippen LogP contribution < -0.4 is 10.0 Å². The number of hydrogen-bond donors (Lipinski definition) is 2. The quantitative estimate of drug-likeness (QED) is 0.683. The summed E-state index contributed by atoms with van der Waals surface area (Å²) in [4.78, 5) is 2.04. The molecule has 0 bridgehead atoms. The summed E-state index contributed by atoms with van der Waals surface area (Å²) in [6.07, 6.45) is 4.11. The normalized spacial score (nSPS) is 11.7. The molecule has 0 spiro atoms. The molecular weight excluding hydrogens is 364 g/mol. The van der Waals surface area contributed by atoms with Crippen molar-refractivity contribution < 1.29 is 8.42 Å². The summed E-state index contributed by atoms with van der Waals surface area (Å²) in [5, 5.41) is 19.1. The van der Waals surface area contributed by atoms with E-state index in [0.29, 0.717) is 11.4 Å². The molecule has 1 aromatic carbocycles. The van der Waals surface area contributed by atoms with Crippen molar-refractivity contribution in [3.8, 4) is 11.4 Å². The molecule has 10 heteroatoms. The molecular formula is C15H23ClN6O2S. The van der Waals surface area contributed by atoms with Crippen LogP contribution in [0.5, 0.6) is 0 Å². The molecule has 0 aliphatic rings. The molecule has 0 fully saturated rings. The number of benzene rings is 1. The Balaban J connectivity index is 2.59. The maximum absolute atomic E-state index is 11.8. The second kappa shape index (κ2) is 8.59. The molecule has 2 rings (SSSR count). The Bertz CT molecular complexity index is 787. The van der Waals surface area contributed by atoms with Crippen molar-refractivity contribution in [2.24, 2.45) is 5.14 Å². The highest BCUT2D eigenvalue weighted by Gasteiger charge is 2.22. The number of unbranched alkanes of at least 4 members (excludes halogenated alkanes) is 2. The molecule has 138 valence electrons. The first-order chi connectivity index (χ1) is 11.9. The van der Waals surface area contributed by atoms with Gasteiger partial charge < -0.3 is 4.90 Å². The van der Waals surface area contributed by atoms with E-state index in [2.05, 4.69) is 39.4 Å². The molecule has 0 amide bonds. The minimum Gasteiger partial charge on any atom is -0.371 e. The molecule has 0 unspecified atom stereocenters. The summed E-state index contributed by atoms with van der Waals surface area (Å²) >= 11 is 6.21. The summed E-state index contributed by atoms with van der Waals surface area (Å²) in [7, 11) is -3.96. The van der Waals surface area contributed by atoms with Gasteiger partial charge in [-0.1, -0.05) is 38.3 Å². The second-order valence-corrected chi connectivity index (χ2v) is 7.73. The Kier molecular flexibility index (Phi) is 6.74. The zero-order valence-electron chi connectivity index (χ0n) is 14.4. The summed E-state index contributed by atoms with van der Waals surface area (Å²) in [5.41, 5.74) is 1.35. The van der Waals surface area contributed by atoms with Crippen LogP contribution in [0, 0.1) is 0 Å². The smallest absolute Gasteiger partial charge is 0.239 e. The lowest BCUT2D eigenvalue weighted by atomic mass is 10.1. The fourth-order valence-corrected chi connectivity index (χ4v) is 3.63. The van der Waals surface area contributed by atoms with Crippen LogP contribution in [0.4, 0.5) is 5.69 Å². The first-order valence-electron chi connectivity index (χ1n) is 8.23. The SMILES string of the molecule is CCCCN(CCCC)c1cc(Cl)c(S(N)(=O)=O)cc1-c1nnn[nH]1. The van der Waals surface area contributed by atoms with Crippen molar-refractivity contribution in [2.45, 2.75) is 44.4 Å².